The Bertz CT molecular complexity index is 732. The molecule has 0 aliphatic carbocycles. The van der Waals surface area contributed by atoms with Crippen LogP contribution in [0.25, 0.3) is 0 Å². The summed E-state index contributed by atoms with van der Waals surface area (Å²) < 4.78 is 5.75. The van der Waals surface area contributed by atoms with Gasteiger partial charge < -0.3 is 20.4 Å². The number of aromatic nitrogens is 1. The first-order valence-corrected chi connectivity index (χ1v) is 8.70. The molecule has 7 nitrogen and oxygen atoms in total. The Morgan fingerprint density at radius 2 is 1.92 bits per heavy atom. The third-order valence-corrected chi connectivity index (χ3v) is 3.48. The first kappa shape index (κ1) is 19.5. The summed E-state index contributed by atoms with van der Waals surface area (Å²) in [5.74, 6) is 1.76. The van der Waals surface area contributed by atoms with E-state index in [0.29, 0.717) is 24.9 Å². The number of amides is 1. The number of hydrogen-bond acceptors (Lipinski definition) is 4. The Labute approximate surface area is 154 Å². The molecular formula is C19H27N5O2. The molecule has 140 valence electrons. The van der Waals surface area contributed by atoms with Gasteiger partial charge in [-0.2, -0.15) is 0 Å². The number of nitrogens with one attached hydrogen (secondary N) is 3. The summed E-state index contributed by atoms with van der Waals surface area (Å²) in [4.78, 5) is 20.6. The molecule has 0 saturated carbocycles. The second kappa shape index (κ2) is 9.03. The van der Waals surface area contributed by atoms with Crippen molar-refractivity contribution in [3.8, 4) is 0 Å². The van der Waals surface area contributed by atoms with Gasteiger partial charge in [-0.3, -0.25) is 4.79 Å². The molecule has 0 fully saturated rings. The normalized spacial score (nSPS) is 11.9. The van der Waals surface area contributed by atoms with Crippen molar-refractivity contribution in [2.45, 2.75) is 39.7 Å². The minimum Gasteiger partial charge on any atom is -0.443 e. The molecule has 3 N–H and O–H groups in total. The van der Waals surface area contributed by atoms with Crippen molar-refractivity contribution < 1.29 is 9.21 Å². The lowest BCUT2D eigenvalue weighted by Gasteiger charge is -2.13. The number of hydrogen-bond donors (Lipinski definition) is 3. The predicted molar refractivity (Wildman–Crippen MR) is 103 cm³/mol. The van der Waals surface area contributed by atoms with Gasteiger partial charge in [-0.15, -0.1) is 0 Å². The second-order valence-electron chi connectivity index (χ2n) is 6.83. The lowest BCUT2D eigenvalue weighted by molar-refractivity contribution is -0.114. The van der Waals surface area contributed by atoms with Crippen LogP contribution in [0.3, 0.4) is 0 Å². The van der Waals surface area contributed by atoms with Gasteiger partial charge in [0.15, 0.2) is 5.96 Å². The van der Waals surface area contributed by atoms with E-state index in [1.807, 2.05) is 37.3 Å². The van der Waals surface area contributed by atoms with Gasteiger partial charge in [0, 0.05) is 17.6 Å². The average Bonchev–Trinajstić information content (AvgIpc) is 3.08. The lowest BCUT2D eigenvalue weighted by Crippen LogP contribution is -2.37. The van der Waals surface area contributed by atoms with Crippen molar-refractivity contribution in [1.29, 1.82) is 0 Å². The molecule has 2 rings (SSSR count). The summed E-state index contributed by atoms with van der Waals surface area (Å²) in [6, 6.07) is 9.30. The summed E-state index contributed by atoms with van der Waals surface area (Å²) >= 11 is 0. The van der Waals surface area contributed by atoms with Gasteiger partial charge in [0.1, 0.15) is 12.3 Å². The summed E-state index contributed by atoms with van der Waals surface area (Å²) in [5.41, 5.74) is 0.666. The van der Waals surface area contributed by atoms with Crippen LogP contribution in [0.5, 0.6) is 0 Å². The maximum atomic E-state index is 12.0. The van der Waals surface area contributed by atoms with Gasteiger partial charge in [-0.05, 0) is 19.1 Å². The summed E-state index contributed by atoms with van der Waals surface area (Å²) in [6.45, 7) is 9.27. The molecule has 0 bridgehead atoms. The Hall–Kier alpha value is -2.83. The van der Waals surface area contributed by atoms with E-state index < -0.39 is 0 Å². The third kappa shape index (κ3) is 6.23. The monoisotopic (exact) mass is 357 g/mol. The zero-order valence-electron chi connectivity index (χ0n) is 15.8. The molecule has 0 spiro atoms. The Balaban J connectivity index is 1.89. The van der Waals surface area contributed by atoms with Gasteiger partial charge >= 0.3 is 0 Å². The molecule has 1 heterocycles. The van der Waals surface area contributed by atoms with E-state index in [2.05, 4.69) is 46.7 Å². The van der Waals surface area contributed by atoms with Gasteiger partial charge in [0.05, 0.1) is 12.7 Å². The predicted octanol–water partition coefficient (Wildman–Crippen LogP) is 2.67. The molecule has 7 heteroatoms. The number of benzene rings is 1. The van der Waals surface area contributed by atoms with Gasteiger partial charge in [0.25, 0.3) is 0 Å². The number of carbonyl (C=O) groups is 1. The first-order chi connectivity index (χ1) is 12.4. The fourth-order valence-corrected chi connectivity index (χ4v) is 2.11. The maximum Gasteiger partial charge on any atom is 0.246 e. The number of nitrogens with zero attached hydrogens (tertiary/aromatic N) is 2. The molecule has 0 saturated heterocycles. The number of carbonyl (C=O) groups excluding carboxylic acids is 1. The first-order valence-electron chi connectivity index (χ1n) is 8.70. The van der Waals surface area contributed by atoms with Gasteiger partial charge in [-0.25, -0.2) is 9.98 Å². The molecule has 0 unspecified atom stereocenters. The van der Waals surface area contributed by atoms with Crippen LogP contribution in [-0.2, 0) is 16.8 Å². The largest absolute Gasteiger partial charge is 0.443 e. The van der Waals surface area contributed by atoms with Crippen LogP contribution >= 0.6 is 0 Å². The SMILES string of the molecule is CCNC(=NCC(=O)Nc1ccccc1)NCc1ncc(C(C)(C)C)o1. The van der Waals surface area contributed by atoms with Gasteiger partial charge in [0.2, 0.25) is 11.8 Å². The summed E-state index contributed by atoms with van der Waals surface area (Å²) in [7, 11) is 0. The van der Waals surface area contributed by atoms with Crippen LogP contribution < -0.4 is 16.0 Å². The maximum absolute atomic E-state index is 12.0. The van der Waals surface area contributed by atoms with E-state index in [0.717, 1.165) is 11.4 Å². The molecule has 26 heavy (non-hydrogen) atoms. The smallest absolute Gasteiger partial charge is 0.246 e. The number of anilines is 1. The van der Waals surface area contributed by atoms with E-state index in [1.165, 1.54) is 0 Å². The van der Waals surface area contributed by atoms with E-state index in [9.17, 15) is 4.79 Å². The van der Waals surface area contributed by atoms with Crippen LogP contribution in [0.1, 0.15) is 39.3 Å². The van der Waals surface area contributed by atoms with Crippen molar-refractivity contribution >= 4 is 17.6 Å². The molecule has 0 aliphatic heterocycles. The van der Waals surface area contributed by atoms with E-state index >= 15 is 0 Å². The van der Waals surface area contributed by atoms with Crippen LogP contribution in [0.2, 0.25) is 0 Å². The standard InChI is InChI=1S/C19H27N5O2/c1-5-20-18(22-12-16(25)24-14-9-7-6-8-10-14)23-13-17-21-11-15(26-17)19(2,3)4/h6-11H,5,12-13H2,1-4H3,(H,24,25)(H2,20,22,23). The van der Waals surface area contributed by atoms with E-state index in [-0.39, 0.29) is 17.9 Å². The highest BCUT2D eigenvalue weighted by molar-refractivity contribution is 5.94. The molecular weight excluding hydrogens is 330 g/mol. The minimum atomic E-state index is -0.181. The number of para-hydroxylation sites is 1. The molecule has 1 aromatic heterocycles. The molecule has 0 radical (unpaired) electrons. The second-order valence-corrected chi connectivity index (χ2v) is 6.83. The molecule has 2 aromatic rings. The Morgan fingerprint density at radius 3 is 2.54 bits per heavy atom. The van der Waals surface area contributed by atoms with Gasteiger partial charge in [-0.1, -0.05) is 39.0 Å². The number of rotatable bonds is 6. The van der Waals surface area contributed by atoms with Crippen molar-refractivity contribution in [2.24, 2.45) is 4.99 Å². The van der Waals surface area contributed by atoms with Crippen LogP contribution in [0, 0.1) is 0 Å². The quantitative estimate of drug-likeness (QED) is 0.546. The Kier molecular flexibility index (Phi) is 6.77. The van der Waals surface area contributed by atoms with Crippen molar-refractivity contribution in [2.75, 3.05) is 18.4 Å². The van der Waals surface area contributed by atoms with Crippen molar-refractivity contribution in [1.82, 2.24) is 15.6 Å². The highest BCUT2D eigenvalue weighted by Gasteiger charge is 2.19. The average molecular weight is 357 g/mol. The highest BCUT2D eigenvalue weighted by atomic mass is 16.4. The highest BCUT2D eigenvalue weighted by Crippen LogP contribution is 2.22. The fourth-order valence-electron chi connectivity index (χ4n) is 2.11. The zero-order valence-corrected chi connectivity index (χ0v) is 15.8. The Morgan fingerprint density at radius 1 is 1.19 bits per heavy atom. The summed E-state index contributed by atoms with van der Waals surface area (Å²) in [5, 5.41) is 9.02. The minimum absolute atomic E-state index is 0.0169. The topological polar surface area (TPSA) is 91.5 Å². The number of aliphatic imine (C=N–C) groups is 1. The van der Waals surface area contributed by atoms with Crippen molar-refractivity contribution in [3.63, 3.8) is 0 Å². The molecule has 0 atom stereocenters. The van der Waals surface area contributed by atoms with Crippen LogP contribution in [-0.4, -0.2) is 29.9 Å². The summed E-state index contributed by atoms with van der Waals surface area (Å²) in [6.07, 6.45) is 1.74. The third-order valence-electron chi connectivity index (χ3n) is 3.48. The van der Waals surface area contributed by atoms with E-state index in [4.69, 9.17) is 4.42 Å². The number of oxazole rings is 1. The molecule has 1 aromatic carbocycles. The molecule has 0 aliphatic rings. The van der Waals surface area contributed by atoms with Crippen molar-refractivity contribution in [3.05, 3.63) is 48.2 Å². The molecule has 1 amide bonds. The lowest BCUT2D eigenvalue weighted by atomic mass is 9.94. The zero-order chi connectivity index (χ0) is 19.0. The van der Waals surface area contributed by atoms with Crippen LogP contribution in [0.15, 0.2) is 45.9 Å². The van der Waals surface area contributed by atoms with E-state index in [1.54, 1.807) is 6.20 Å². The fraction of sp³-hybridized carbons (Fsp3) is 0.421. The number of guanidine groups is 1. The van der Waals surface area contributed by atoms with Crippen LogP contribution in [0.4, 0.5) is 5.69 Å².